The van der Waals surface area contributed by atoms with E-state index in [0.717, 1.165) is 23.8 Å². The molecular formula is C22H38N2O16P2. The van der Waals surface area contributed by atoms with E-state index in [4.69, 9.17) is 23.3 Å². The molecule has 0 aromatic carbocycles. The second-order valence-electron chi connectivity index (χ2n) is 9.93. The lowest BCUT2D eigenvalue weighted by Gasteiger charge is -2.41. The van der Waals surface area contributed by atoms with Crippen LogP contribution < -0.4 is 11.2 Å². The van der Waals surface area contributed by atoms with Gasteiger partial charge in [-0.3, -0.25) is 23.4 Å². The van der Waals surface area contributed by atoms with Crippen LogP contribution in [0.15, 0.2) is 15.8 Å². The van der Waals surface area contributed by atoms with Crippen LogP contribution in [0, 0.1) is 6.92 Å². The summed E-state index contributed by atoms with van der Waals surface area (Å²) in [6, 6.07) is 0. The van der Waals surface area contributed by atoms with Gasteiger partial charge in [-0.2, -0.15) is 4.31 Å². The highest BCUT2D eigenvalue weighted by Gasteiger charge is 2.49. The molecule has 2 unspecified atom stereocenters. The number of aryl methyl sites for hydroxylation is 1. The summed E-state index contributed by atoms with van der Waals surface area (Å²) in [5.74, 6) is 0. The Balaban J connectivity index is 1.58. The zero-order valence-electron chi connectivity index (χ0n) is 23.0. The summed E-state index contributed by atoms with van der Waals surface area (Å²) in [7, 11) is -10.9. The van der Waals surface area contributed by atoms with Gasteiger partial charge in [-0.25, -0.2) is 13.9 Å². The van der Waals surface area contributed by atoms with Gasteiger partial charge in [-0.1, -0.05) is 26.2 Å². The Bertz CT molecular complexity index is 1240. The number of unbranched alkanes of at least 4 members (excludes halogenated alkanes) is 3. The molecular weight excluding hydrogens is 610 g/mol. The first-order valence-corrected chi connectivity index (χ1v) is 16.3. The maximum Gasteiger partial charge on any atom is 0.483 e. The number of phosphoric acid groups is 2. The monoisotopic (exact) mass is 648 g/mol. The van der Waals surface area contributed by atoms with Crippen molar-refractivity contribution >= 4 is 15.6 Å². The molecule has 42 heavy (non-hydrogen) atoms. The average Bonchev–Trinajstić information content (AvgIpc) is 3.27. The van der Waals surface area contributed by atoms with Crippen LogP contribution in [0.25, 0.3) is 0 Å². The van der Waals surface area contributed by atoms with Crippen LogP contribution in [0.1, 0.15) is 50.8 Å². The minimum absolute atomic E-state index is 0.114. The largest absolute Gasteiger partial charge is 0.483 e. The molecule has 242 valence electrons. The summed E-state index contributed by atoms with van der Waals surface area (Å²) in [6.07, 6.45) is -7.52. The van der Waals surface area contributed by atoms with Crippen LogP contribution in [-0.4, -0.2) is 102 Å². The predicted molar refractivity (Wildman–Crippen MR) is 140 cm³/mol. The van der Waals surface area contributed by atoms with E-state index < -0.39 is 89.2 Å². The van der Waals surface area contributed by atoms with Crippen LogP contribution in [0.2, 0.25) is 0 Å². The number of rotatable bonds is 15. The van der Waals surface area contributed by atoms with E-state index >= 15 is 0 Å². The van der Waals surface area contributed by atoms with Gasteiger partial charge in [0.15, 0.2) is 6.29 Å². The number of nitrogens with one attached hydrogen (secondary N) is 1. The lowest BCUT2D eigenvalue weighted by atomic mass is 9.99. The molecule has 1 aromatic heterocycles. The van der Waals surface area contributed by atoms with E-state index in [1.165, 1.54) is 13.1 Å². The molecule has 2 aliphatic heterocycles. The molecule has 7 N–H and O–H groups in total. The van der Waals surface area contributed by atoms with Gasteiger partial charge in [0.2, 0.25) is 0 Å². The molecule has 0 spiro atoms. The van der Waals surface area contributed by atoms with Gasteiger partial charge in [0.1, 0.15) is 36.7 Å². The summed E-state index contributed by atoms with van der Waals surface area (Å²) in [5.41, 5.74) is -1.23. The smallest absolute Gasteiger partial charge is 0.394 e. The number of hydrogen-bond acceptors (Lipinski definition) is 14. The standard InChI is InChI=1S/C22H38N2O16P2/c1-3-4-5-6-7-35-19-17(27)14(10-25)38-21(18(19)28)39-42(33,34)40-41(31,32)36-11-15-13(26)8-16(37-15)24-9-12(2)20(29)23-22(24)30/h9,13-19,21,25-28H,3-8,10-11H2,1-2H3,(H,31,32)(H,33,34)(H,23,29,30)/t13-,14+,15+,16+,17+,18+,19-,21+/m0/s1. The van der Waals surface area contributed by atoms with Crippen LogP contribution in [0.3, 0.4) is 0 Å². The average molecular weight is 648 g/mol. The number of aliphatic hydroxyl groups is 4. The first-order valence-electron chi connectivity index (χ1n) is 13.3. The number of phosphoric ester groups is 2. The van der Waals surface area contributed by atoms with Gasteiger partial charge in [0, 0.05) is 24.8 Å². The number of ether oxygens (including phenoxy) is 3. The van der Waals surface area contributed by atoms with Gasteiger partial charge in [-0.05, 0) is 13.3 Å². The maximum atomic E-state index is 12.5. The molecule has 10 atom stereocenters. The van der Waals surface area contributed by atoms with E-state index in [1.807, 2.05) is 6.92 Å². The Kier molecular flexibility index (Phi) is 12.6. The zero-order chi connectivity index (χ0) is 31.2. The summed E-state index contributed by atoms with van der Waals surface area (Å²) < 4.78 is 55.8. The van der Waals surface area contributed by atoms with Gasteiger partial charge < -0.3 is 44.4 Å². The Morgan fingerprint density at radius 3 is 2.43 bits per heavy atom. The van der Waals surface area contributed by atoms with Crippen molar-refractivity contribution in [2.75, 3.05) is 19.8 Å². The molecule has 0 saturated carbocycles. The van der Waals surface area contributed by atoms with Crippen molar-refractivity contribution in [3.63, 3.8) is 0 Å². The number of H-pyrrole nitrogens is 1. The summed E-state index contributed by atoms with van der Waals surface area (Å²) in [4.78, 5) is 45.9. The molecule has 0 aliphatic carbocycles. The first-order chi connectivity index (χ1) is 19.7. The van der Waals surface area contributed by atoms with Crippen molar-refractivity contribution in [3.8, 4) is 0 Å². The molecule has 18 nitrogen and oxygen atoms in total. The van der Waals surface area contributed by atoms with Gasteiger partial charge in [-0.15, -0.1) is 0 Å². The lowest BCUT2D eigenvalue weighted by Crippen LogP contribution is -2.60. The van der Waals surface area contributed by atoms with E-state index in [1.54, 1.807) is 0 Å². The number of aliphatic hydroxyl groups excluding tert-OH is 4. The van der Waals surface area contributed by atoms with E-state index in [2.05, 4.69) is 9.29 Å². The molecule has 1 aromatic rings. The Morgan fingerprint density at radius 2 is 1.76 bits per heavy atom. The topological polar surface area (TPSA) is 266 Å². The molecule has 20 heteroatoms. The third kappa shape index (κ3) is 9.33. The van der Waals surface area contributed by atoms with Gasteiger partial charge in [0.25, 0.3) is 5.56 Å². The molecule has 2 saturated heterocycles. The fourth-order valence-electron chi connectivity index (χ4n) is 4.39. The summed E-state index contributed by atoms with van der Waals surface area (Å²) in [6.45, 7) is 1.95. The number of nitrogens with zero attached hydrogens (tertiary/aromatic N) is 1. The highest BCUT2D eigenvalue weighted by molar-refractivity contribution is 7.61. The minimum Gasteiger partial charge on any atom is -0.394 e. The van der Waals surface area contributed by atoms with E-state index in [-0.39, 0.29) is 18.6 Å². The Labute approximate surface area is 240 Å². The fraction of sp³-hybridized carbons (Fsp3) is 0.818. The first kappa shape index (κ1) is 35.1. The Hall–Kier alpha value is -1.34. The minimum atomic E-state index is -5.52. The highest BCUT2D eigenvalue weighted by atomic mass is 31.3. The zero-order valence-corrected chi connectivity index (χ0v) is 24.7. The molecule has 0 radical (unpaired) electrons. The number of hydrogen-bond donors (Lipinski definition) is 7. The van der Waals surface area contributed by atoms with Crippen molar-refractivity contribution in [2.24, 2.45) is 0 Å². The van der Waals surface area contributed by atoms with Crippen molar-refractivity contribution in [2.45, 2.75) is 95.1 Å². The lowest BCUT2D eigenvalue weighted by molar-refractivity contribution is -0.288. The SMILES string of the molecule is CCCCCCO[C@@H]1[C@@H](O)[C@@H](OP(=O)(O)OP(=O)(O)OC[C@H]2O[C@@H](n3cc(C)c(=O)[nH]c3=O)C[C@@H]2O)O[C@H](CO)[C@H]1O. The molecule has 2 fully saturated rings. The normalized spacial score (nSPS) is 32.9. The quantitative estimate of drug-likeness (QED) is 0.0901. The molecule has 3 rings (SSSR count). The number of aromatic nitrogens is 2. The van der Waals surface area contributed by atoms with Crippen molar-refractivity contribution < 1.29 is 66.9 Å². The third-order valence-corrected chi connectivity index (χ3v) is 9.24. The maximum absolute atomic E-state index is 12.5. The second kappa shape index (κ2) is 15.1. The van der Waals surface area contributed by atoms with Crippen LogP contribution in [0.5, 0.6) is 0 Å². The Morgan fingerprint density at radius 1 is 1.05 bits per heavy atom. The summed E-state index contributed by atoms with van der Waals surface area (Å²) in [5, 5.41) is 40.7. The molecule has 2 aliphatic rings. The second-order valence-corrected chi connectivity index (χ2v) is 12.9. The van der Waals surface area contributed by atoms with Crippen LogP contribution >= 0.6 is 15.6 Å². The summed E-state index contributed by atoms with van der Waals surface area (Å²) >= 11 is 0. The fourth-order valence-corrected chi connectivity index (χ4v) is 6.55. The molecule has 0 amide bonds. The van der Waals surface area contributed by atoms with Crippen LogP contribution in [-0.2, 0) is 36.7 Å². The predicted octanol–water partition coefficient (Wildman–Crippen LogP) is -0.851. The molecule has 0 bridgehead atoms. The van der Waals surface area contributed by atoms with E-state index in [9.17, 15) is 48.9 Å². The van der Waals surface area contributed by atoms with Crippen molar-refractivity contribution in [1.82, 2.24) is 9.55 Å². The van der Waals surface area contributed by atoms with E-state index in [0.29, 0.717) is 6.42 Å². The molecule has 3 heterocycles. The van der Waals surface area contributed by atoms with Crippen molar-refractivity contribution in [1.29, 1.82) is 0 Å². The van der Waals surface area contributed by atoms with Gasteiger partial charge in [0.05, 0.1) is 19.3 Å². The van der Waals surface area contributed by atoms with Crippen molar-refractivity contribution in [3.05, 3.63) is 32.6 Å². The van der Waals surface area contributed by atoms with Gasteiger partial charge >= 0.3 is 21.3 Å². The van der Waals surface area contributed by atoms with Crippen LogP contribution in [0.4, 0.5) is 0 Å². The third-order valence-electron chi connectivity index (χ3n) is 6.64. The number of aromatic amines is 1. The highest BCUT2D eigenvalue weighted by Crippen LogP contribution is 2.61.